The van der Waals surface area contributed by atoms with E-state index >= 15 is 0 Å². The average Bonchev–Trinajstić information content (AvgIpc) is 2.67. The highest BCUT2D eigenvalue weighted by atomic mass is 16.6. The molecule has 3 rings (SSSR count). The van der Waals surface area contributed by atoms with Crippen molar-refractivity contribution in [2.24, 2.45) is 0 Å². The Bertz CT molecular complexity index is 803. The zero-order chi connectivity index (χ0) is 18.4. The Morgan fingerprint density at radius 1 is 1.04 bits per heavy atom. The topological polar surface area (TPSA) is 73.9 Å². The molecule has 2 aromatic rings. The smallest absolute Gasteiger partial charge is 0.224 e. The molecule has 0 aromatic heterocycles. The lowest BCUT2D eigenvalue weighted by molar-refractivity contribution is -0.116. The molecule has 2 aromatic carbocycles. The van der Waals surface area contributed by atoms with Gasteiger partial charge in [0.15, 0.2) is 17.3 Å². The monoisotopic (exact) mass is 355 g/mol. The standard InChI is InChI=1S/C20H21NO5/c1-24-16-5-2-4-15(13-16)21-20(23)7-3-6-17(22)14-8-9-18-19(12-14)26-11-10-25-18/h2,4-5,8-9,12-13H,3,6-7,10-11H2,1H3,(H,21,23). The number of nitrogens with one attached hydrogen (secondary N) is 1. The minimum absolute atomic E-state index is 0.0175. The number of amides is 1. The number of ketones is 1. The van der Waals surface area contributed by atoms with Crippen molar-refractivity contribution in [3.63, 3.8) is 0 Å². The second-order valence-corrected chi connectivity index (χ2v) is 5.92. The van der Waals surface area contributed by atoms with Gasteiger partial charge >= 0.3 is 0 Å². The van der Waals surface area contributed by atoms with Crippen molar-refractivity contribution < 1.29 is 23.8 Å². The fourth-order valence-electron chi connectivity index (χ4n) is 2.69. The van der Waals surface area contributed by atoms with Gasteiger partial charge < -0.3 is 19.5 Å². The van der Waals surface area contributed by atoms with Gasteiger partial charge in [-0.05, 0) is 36.8 Å². The summed E-state index contributed by atoms with van der Waals surface area (Å²) in [5.41, 5.74) is 1.25. The molecule has 0 aliphatic carbocycles. The summed E-state index contributed by atoms with van der Waals surface area (Å²) in [4.78, 5) is 24.3. The number of benzene rings is 2. The van der Waals surface area contributed by atoms with Crippen LogP contribution in [0.3, 0.4) is 0 Å². The molecule has 6 nitrogen and oxygen atoms in total. The van der Waals surface area contributed by atoms with Gasteiger partial charge in [0.25, 0.3) is 0 Å². The molecule has 0 unspecified atom stereocenters. The van der Waals surface area contributed by atoms with Gasteiger partial charge in [-0.3, -0.25) is 9.59 Å². The zero-order valence-electron chi connectivity index (χ0n) is 14.6. The quantitative estimate of drug-likeness (QED) is 0.770. The van der Waals surface area contributed by atoms with Crippen molar-refractivity contribution in [3.05, 3.63) is 48.0 Å². The lowest BCUT2D eigenvalue weighted by Crippen LogP contribution is -2.16. The van der Waals surface area contributed by atoms with Crippen LogP contribution in [0.2, 0.25) is 0 Å². The van der Waals surface area contributed by atoms with E-state index in [1.807, 2.05) is 6.07 Å². The van der Waals surface area contributed by atoms with Crippen LogP contribution in [0.25, 0.3) is 0 Å². The van der Waals surface area contributed by atoms with Crippen LogP contribution < -0.4 is 19.5 Å². The molecule has 1 N–H and O–H groups in total. The van der Waals surface area contributed by atoms with E-state index in [1.54, 1.807) is 43.5 Å². The van der Waals surface area contributed by atoms with Gasteiger partial charge in [-0.15, -0.1) is 0 Å². The van der Waals surface area contributed by atoms with E-state index in [1.165, 1.54) is 0 Å². The zero-order valence-corrected chi connectivity index (χ0v) is 14.6. The summed E-state index contributed by atoms with van der Waals surface area (Å²) < 4.78 is 16.1. The molecule has 136 valence electrons. The van der Waals surface area contributed by atoms with Gasteiger partial charge in [-0.25, -0.2) is 0 Å². The van der Waals surface area contributed by atoms with Crippen molar-refractivity contribution in [3.8, 4) is 17.2 Å². The van der Waals surface area contributed by atoms with E-state index in [-0.39, 0.29) is 18.1 Å². The van der Waals surface area contributed by atoms with Crippen LogP contribution in [0, 0.1) is 0 Å². The van der Waals surface area contributed by atoms with Crippen LogP contribution in [-0.2, 0) is 4.79 Å². The van der Waals surface area contributed by atoms with Crippen LogP contribution in [0.15, 0.2) is 42.5 Å². The summed E-state index contributed by atoms with van der Waals surface area (Å²) in [5.74, 6) is 1.78. The number of methoxy groups -OCH3 is 1. The number of rotatable bonds is 7. The summed E-state index contributed by atoms with van der Waals surface area (Å²) >= 11 is 0. The molecule has 26 heavy (non-hydrogen) atoms. The molecule has 6 heteroatoms. The molecular weight excluding hydrogens is 334 g/mol. The number of fused-ring (bicyclic) bond motifs is 1. The molecular formula is C20H21NO5. The highest BCUT2D eigenvalue weighted by Crippen LogP contribution is 2.31. The summed E-state index contributed by atoms with van der Waals surface area (Å²) in [6.07, 6.45) is 1.04. The van der Waals surface area contributed by atoms with Gasteiger partial charge in [0, 0.05) is 30.2 Å². The largest absolute Gasteiger partial charge is 0.497 e. The molecule has 0 spiro atoms. The Morgan fingerprint density at radius 2 is 1.85 bits per heavy atom. The van der Waals surface area contributed by atoms with Gasteiger partial charge in [-0.1, -0.05) is 6.07 Å². The van der Waals surface area contributed by atoms with Crippen LogP contribution in [0.5, 0.6) is 17.2 Å². The number of anilines is 1. The number of carbonyl (C=O) groups is 2. The highest BCUT2D eigenvalue weighted by Gasteiger charge is 2.15. The van der Waals surface area contributed by atoms with Gasteiger partial charge in [-0.2, -0.15) is 0 Å². The highest BCUT2D eigenvalue weighted by molar-refractivity contribution is 5.97. The van der Waals surface area contributed by atoms with Crippen LogP contribution in [-0.4, -0.2) is 32.0 Å². The first-order chi connectivity index (χ1) is 12.7. The molecule has 0 fully saturated rings. The van der Waals surface area contributed by atoms with Gasteiger partial charge in [0.1, 0.15) is 19.0 Å². The minimum Gasteiger partial charge on any atom is -0.497 e. The van der Waals surface area contributed by atoms with Crippen molar-refractivity contribution in [1.29, 1.82) is 0 Å². The third kappa shape index (κ3) is 4.53. The second kappa shape index (κ2) is 8.38. The maximum absolute atomic E-state index is 12.3. The number of ether oxygens (including phenoxy) is 3. The first-order valence-electron chi connectivity index (χ1n) is 8.52. The van der Waals surface area contributed by atoms with Gasteiger partial charge in [0.05, 0.1) is 7.11 Å². The SMILES string of the molecule is COc1cccc(NC(=O)CCCC(=O)c2ccc3c(c2)OCCO3)c1. The maximum atomic E-state index is 12.3. The first kappa shape index (κ1) is 17.8. The van der Waals surface area contributed by atoms with Gasteiger partial charge in [0.2, 0.25) is 5.91 Å². The third-order valence-corrected chi connectivity index (χ3v) is 4.03. The summed E-state index contributed by atoms with van der Waals surface area (Å²) in [6.45, 7) is 0.998. The molecule has 0 saturated heterocycles. The summed E-state index contributed by atoms with van der Waals surface area (Å²) in [5, 5.41) is 2.80. The first-order valence-corrected chi connectivity index (χ1v) is 8.52. The lowest BCUT2D eigenvalue weighted by Gasteiger charge is -2.18. The van der Waals surface area contributed by atoms with Crippen molar-refractivity contribution in [2.75, 3.05) is 25.6 Å². The predicted molar refractivity (Wildman–Crippen MR) is 97.2 cm³/mol. The Balaban J connectivity index is 1.48. The second-order valence-electron chi connectivity index (χ2n) is 5.92. The van der Waals surface area contributed by atoms with E-state index in [0.29, 0.717) is 54.6 Å². The molecule has 0 saturated carbocycles. The normalized spacial score (nSPS) is 12.3. The molecule has 1 heterocycles. The molecule has 0 bridgehead atoms. The number of hydrogen-bond acceptors (Lipinski definition) is 5. The fraction of sp³-hybridized carbons (Fsp3) is 0.300. The molecule has 1 aliphatic heterocycles. The number of carbonyl (C=O) groups excluding carboxylic acids is 2. The predicted octanol–water partition coefficient (Wildman–Crippen LogP) is 3.46. The lowest BCUT2D eigenvalue weighted by atomic mass is 10.0. The van der Waals surface area contributed by atoms with E-state index in [4.69, 9.17) is 14.2 Å². The molecule has 1 amide bonds. The average molecular weight is 355 g/mol. The summed E-state index contributed by atoms with van der Waals surface area (Å²) in [7, 11) is 1.57. The van der Waals surface area contributed by atoms with E-state index < -0.39 is 0 Å². The number of hydrogen-bond donors (Lipinski definition) is 1. The fourth-order valence-corrected chi connectivity index (χ4v) is 2.69. The Labute approximate surface area is 152 Å². The summed E-state index contributed by atoms with van der Waals surface area (Å²) in [6, 6.07) is 12.3. The van der Waals surface area contributed by atoms with Crippen molar-refractivity contribution in [1.82, 2.24) is 0 Å². The minimum atomic E-state index is -0.131. The van der Waals surface area contributed by atoms with Crippen LogP contribution >= 0.6 is 0 Å². The van der Waals surface area contributed by atoms with Crippen LogP contribution in [0.1, 0.15) is 29.6 Å². The maximum Gasteiger partial charge on any atom is 0.224 e. The van der Waals surface area contributed by atoms with E-state index in [0.717, 1.165) is 0 Å². The Hall–Kier alpha value is -3.02. The Kier molecular flexibility index (Phi) is 5.73. The van der Waals surface area contributed by atoms with Crippen molar-refractivity contribution >= 4 is 17.4 Å². The van der Waals surface area contributed by atoms with E-state index in [9.17, 15) is 9.59 Å². The molecule has 0 radical (unpaired) electrons. The number of Topliss-reactive ketones (excluding diaryl/α,β-unsaturated/α-hetero) is 1. The third-order valence-electron chi connectivity index (χ3n) is 4.03. The van der Waals surface area contributed by atoms with E-state index in [2.05, 4.69) is 5.32 Å². The van der Waals surface area contributed by atoms with Crippen molar-refractivity contribution in [2.45, 2.75) is 19.3 Å². The Morgan fingerprint density at radius 3 is 2.65 bits per heavy atom. The molecule has 0 atom stereocenters. The van der Waals surface area contributed by atoms with Crippen LogP contribution in [0.4, 0.5) is 5.69 Å². The molecule has 1 aliphatic rings.